The third kappa shape index (κ3) is 12.9. The molecule has 0 bridgehead atoms. The Bertz CT molecular complexity index is 8520. The summed E-state index contributed by atoms with van der Waals surface area (Å²) in [5, 5.41) is 30.5. The molecule has 6 heterocycles. The number of benzene rings is 16. The number of hydrogen-bond acceptors (Lipinski definition) is 4. The van der Waals surface area contributed by atoms with Crippen molar-refractivity contribution in [1.82, 2.24) is 28.2 Å². The van der Waals surface area contributed by atoms with E-state index in [1.165, 1.54) is 72.3 Å². The van der Waals surface area contributed by atoms with Gasteiger partial charge in [0.25, 0.3) is 0 Å². The number of aromatic nitrogens is 6. The lowest BCUT2D eigenvalue weighted by Gasteiger charge is -2.19. The molecule has 22 rings (SSSR count). The second-order valence-corrected chi connectivity index (χ2v) is 35.6. The van der Waals surface area contributed by atoms with Crippen LogP contribution in [0.25, 0.3) is 210 Å². The number of nitriles is 2. The SMILES string of the molecule is Cc1ccc(-c2ccc3c4ccccc4n(-c4cnc(-n5c6ccccc6c6c(-c7cc(-c8ccc(C)cc8C)cc8c7c7ccc(-c9ccc(C)cc9C)cc7n8-c7cc(-c8cccc(C#N)c8)c(-n8c9cc(-c%10ccc(C)cc%10C)ccc9c9ccc(-c%10ccc(C)cc%10C)cc98)cn7)cc(-c7ccc(C)cc7C)cc65)cc4-c4cccc(C#N)c4)c3c2)c(C)c1. The molecule has 8 heteroatoms. The van der Waals surface area contributed by atoms with Crippen molar-refractivity contribution in [2.24, 2.45) is 0 Å². The maximum Gasteiger partial charge on any atom is 0.138 e. The maximum atomic E-state index is 11.0. The zero-order chi connectivity index (χ0) is 87.3. The average Bonchev–Trinajstić information content (AvgIpc) is 1.54. The Morgan fingerprint density at radius 1 is 0.203 bits per heavy atom. The van der Waals surface area contributed by atoms with Crippen LogP contribution in [0.2, 0.25) is 0 Å². The van der Waals surface area contributed by atoms with Crippen LogP contribution in [0.5, 0.6) is 0 Å². The number of pyridine rings is 2. The zero-order valence-corrected chi connectivity index (χ0v) is 73.8. The lowest BCUT2D eigenvalue weighted by molar-refractivity contribution is 1.06. The van der Waals surface area contributed by atoms with Gasteiger partial charge in [-0.15, -0.1) is 0 Å². The molecule has 0 aliphatic heterocycles. The summed E-state index contributed by atoms with van der Waals surface area (Å²) in [6.07, 6.45) is 4.16. The molecule has 0 amide bonds. The van der Waals surface area contributed by atoms with E-state index in [2.05, 4.69) is 405 Å². The summed E-state index contributed by atoms with van der Waals surface area (Å²) < 4.78 is 9.64. The number of nitrogens with zero attached hydrogens (tertiary/aromatic N) is 8. The molecule has 0 unspecified atom stereocenters. The van der Waals surface area contributed by atoms with E-state index in [9.17, 15) is 10.5 Å². The third-order valence-corrected chi connectivity index (χ3v) is 26.8. The fraction of sp³-hybridized carbons (Fsp3) is 0.100. The number of para-hydroxylation sites is 2. The van der Waals surface area contributed by atoms with E-state index < -0.39 is 0 Å². The first kappa shape index (κ1) is 78.0. The Labute approximate surface area is 745 Å². The van der Waals surface area contributed by atoms with Crippen LogP contribution in [-0.4, -0.2) is 28.2 Å². The monoisotopic (exact) mass is 1640 g/mol. The molecular weight excluding hydrogens is 1550 g/mol. The average molecular weight is 1640 g/mol. The van der Waals surface area contributed by atoms with Crippen LogP contribution in [0.15, 0.2) is 328 Å². The van der Waals surface area contributed by atoms with Crippen molar-refractivity contribution in [2.45, 2.75) is 83.1 Å². The smallest absolute Gasteiger partial charge is 0.138 e. The Hall–Kier alpha value is -16.0. The van der Waals surface area contributed by atoms with Gasteiger partial charge in [0, 0.05) is 54.2 Å². The largest absolute Gasteiger partial charge is 0.307 e. The van der Waals surface area contributed by atoms with Gasteiger partial charge >= 0.3 is 0 Å². The summed E-state index contributed by atoms with van der Waals surface area (Å²) in [4.78, 5) is 11.7. The highest BCUT2D eigenvalue weighted by molar-refractivity contribution is 6.24. The lowest BCUT2D eigenvalue weighted by Crippen LogP contribution is -2.04. The van der Waals surface area contributed by atoms with E-state index in [0.717, 1.165) is 199 Å². The van der Waals surface area contributed by atoms with E-state index >= 15 is 0 Å². The first-order valence-electron chi connectivity index (χ1n) is 44.1. The second kappa shape index (κ2) is 30.5. The summed E-state index contributed by atoms with van der Waals surface area (Å²) in [6.45, 7) is 26.3. The van der Waals surface area contributed by atoms with Gasteiger partial charge in [0.2, 0.25) is 0 Å². The minimum absolute atomic E-state index is 0.553. The highest BCUT2D eigenvalue weighted by atomic mass is 15.1. The molecule has 0 aliphatic carbocycles. The molecule has 0 saturated heterocycles. The van der Waals surface area contributed by atoms with Gasteiger partial charge in [-0.05, 0) is 303 Å². The van der Waals surface area contributed by atoms with E-state index in [1.807, 2.05) is 36.4 Å². The van der Waals surface area contributed by atoms with Crippen LogP contribution in [0.1, 0.15) is 77.9 Å². The molecule has 0 aliphatic rings. The molecule has 16 aromatic carbocycles. The molecule has 0 atom stereocenters. The van der Waals surface area contributed by atoms with Crippen molar-refractivity contribution < 1.29 is 0 Å². The first-order valence-corrected chi connectivity index (χ1v) is 44.1. The standard InChI is InChI=1S/C120H90N8/c1-69-27-37-91(75(7)47-69)85-33-43-98-97-23-13-15-25-107(97)125(109(98)57-85)115-67-123-117(63-103(115)83-21-17-19-81(53-83)65-121)127-108-26-16-14-24-101(108)119-105(55-89(61-113(119)127)95-41-31-73(5)51-79(95)11)106-56-90(96-42-32-74(6)52-80(96)12)62-114-120(106)102-46-36-88(94-40-30-72(4)50-78(94)10)60-112(102)128(114)118-64-104(84-22-18-20-82(54-84)66-122)116(68-124-118)126-110-58-86(92-38-28-70(2)48-76(92)8)34-44-99(110)100-45-35-87(59-111(100)126)93-39-29-71(3)49-77(93)9/h13-64,67-68H,1-12H3. The minimum atomic E-state index is 0.553. The molecule has 22 aromatic rings. The zero-order valence-electron chi connectivity index (χ0n) is 73.8. The predicted molar refractivity (Wildman–Crippen MR) is 535 cm³/mol. The molecule has 610 valence electrons. The number of hydrogen-bond donors (Lipinski definition) is 0. The topological polar surface area (TPSA) is 93.1 Å². The molecule has 0 N–H and O–H groups in total. The Morgan fingerprint density at radius 2 is 0.484 bits per heavy atom. The summed E-state index contributed by atoms with van der Waals surface area (Å²) >= 11 is 0. The number of rotatable bonds is 13. The summed E-state index contributed by atoms with van der Waals surface area (Å²) in [5.41, 5.74) is 44.4. The van der Waals surface area contributed by atoms with E-state index in [4.69, 9.17) is 9.97 Å². The molecule has 6 aromatic heterocycles. The van der Waals surface area contributed by atoms with Gasteiger partial charge in [0.15, 0.2) is 0 Å². The van der Waals surface area contributed by atoms with Crippen molar-refractivity contribution in [3.63, 3.8) is 0 Å². The highest BCUT2D eigenvalue weighted by Crippen LogP contribution is 2.51. The van der Waals surface area contributed by atoms with Crippen LogP contribution in [0, 0.1) is 106 Å². The second-order valence-electron chi connectivity index (χ2n) is 35.6. The predicted octanol–water partition coefficient (Wildman–Crippen LogP) is 31.3. The van der Waals surface area contributed by atoms with Crippen molar-refractivity contribution in [2.75, 3.05) is 0 Å². The van der Waals surface area contributed by atoms with Gasteiger partial charge in [-0.3, -0.25) is 9.13 Å². The molecular formula is C120H90N8. The van der Waals surface area contributed by atoms with Gasteiger partial charge in [0.1, 0.15) is 11.6 Å². The van der Waals surface area contributed by atoms with Crippen LogP contribution in [0.3, 0.4) is 0 Å². The summed E-state index contributed by atoms with van der Waals surface area (Å²) in [7, 11) is 0. The quantitative estimate of drug-likeness (QED) is 0.115. The molecule has 8 nitrogen and oxygen atoms in total. The van der Waals surface area contributed by atoms with Crippen molar-refractivity contribution in [3.8, 4) is 135 Å². The molecule has 0 radical (unpaired) electrons. The van der Waals surface area contributed by atoms with Gasteiger partial charge in [0.05, 0.1) is 91.2 Å². The fourth-order valence-corrected chi connectivity index (χ4v) is 20.9. The van der Waals surface area contributed by atoms with Crippen LogP contribution in [0.4, 0.5) is 0 Å². The Kier molecular flexibility index (Phi) is 18.6. The van der Waals surface area contributed by atoms with Gasteiger partial charge < -0.3 is 9.13 Å². The lowest BCUT2D eigenvalue weighted by atomic mass is 9.88. The van der Waals surface area contributed by atoms with Gasteiger partial charge in [-0.1, -0.05) is 252 Å². The van der Waals surface area contributed by atoms with Crippen LogP contribution >= 0.6 is 0 Å². The van der Waals surface area contributed by atoms with Crippen LogP contribution in [-0.2, 0) is 0 Å². The van der Waals surface area contributed by atoms with Crippen LogP contribution < -0.4 is 0 Å². The Morgan fingerprint density at radius 3 is 0.844 bits per heavy atom. The number of aryl methyl sites for hydroxylation is 12. The molecule has 128 heavy (non-hydrogen) atoms. The highest BCUT2D eigenvalue weighted by Gasteiger charge is 2.30. The minimum Gasteiger partial charge on any atom is -0.307 e. The molecule has 0 spiro atoms. The summed E-state index contributed by atoms with van der Waals surface area (Å²) in [6, 6.07) is 121. The third-order valence-electron chi connectivity index (χ3n) is 26.8. The normalized spacial score (nSPS) is 11.7. The Balaban J connectivity index is 0.851. The van der Waals surface area contributed by atoms with Gasteiger partial charge in [-0.25, -0.2) is 9.97 Å². The molecule has 0 saturated carbocycles. The maximum absolute atomic E-state index is 11.0. The number of fused-ring (bicyclic) bond motifs is 12. The van der Waals surface area contributed by atoms with Crippen molar-refractivity contribution in [3.05, 3.63) is 406 Å². The van der Waals surface area contributed by atoms with E-state index in [-0.39, 0.29) is 0 Å². The van der Waals surface area contributed by atoms with Crippen molar-refractivity contribution >= 4 is 87.2 Å². The molecule has 0 fully saturated rings. The van der Waals surface area contributed by atoms with Gasteiger partial charge in [-0.2, -0.15) is 10.5 Å². The van der Waals surface area contributed by atoms with Crippen molar-refractivity contribution in [1.29, 1.82) is 10.5 Å². The fourth-order valence-electron chi connectivity index (χ4n) is 20.9. The van der Waals surface area contributed by atoms with E-state index in [1.54, 1.807) is 0 Å². The van der Waals surface area contributed by atoms with E-state index in [0.29, 0.717) is 16.9 Å². The first-order chi connectivity index (χ1) is 62.3. The summed E-state index contributed by atoms with van der Waals surface area (Å²) in [5.74, 6) is 1.43.